The topological polar surface area (TPSA) is 88.0 Å². The summed E-state index contributed by atoms with van der Waals surface area (Å²) in [5, 5.41) is 0. The zero-order valence-electron chi connectivity index (χ0n) is 11.2. The van der Waals surface area contributed by atoms with Gasteiger partial charge in [0.15, 0.2) is 0 Å². The molecular weight excluding hydrogens is 342 g/mol. The Kier molecular flexibility index (Phi) is 4.22. The van der Waals surface area contributed by atoms with Crippen molar-refractivity contribution in [3.05, 3.63) is 45.7 Å². The number of anilines is 1. The van der Waals surface area contributed by atoms with E-state index in [4.69, 9.17) is 5.73 Å². The molecule has 0 bridgehead atoms. The molecule has 5 nitrogen and oxygen atoms in total. The zero-order valence-corrected chi connectivity index (χ0v) is 13.6. The van der Waals surface area contributed by atoms with Crippen LogP contribution in [0.2, 0.25) is 0 Å². The van der Waals surface area contributed by atoms with Crippen LogP contribution in [0.15, 0.2) is 33.8 Å². The molecule has 0 saturated heterocycles. The molecule has 108 valence electrons. The van der Waals surface area contributed by atoms with Gasteiger partial charge in [-0.25, -0.2) is 8.42 Å². The van der Waals surface area contributed by atoms with Gasteiger partial charge < -0.3 is 10.7 Å². The van der Waals surface area contributed by atoms with Crippen molar-refractivity contribution in [3.8, 4) is 0 Å². The van der Waals surface area contributed by atoms with Crippen LogP contribution in [0.4, 0.5) is 5.69 Å². The Bertz CT molecular complexity index is 715. The smallest absolute Gasteiger partial charge is 0.263 e. The molecule has 7 heteroatoms. The normalized spacial score (nSPS) is 11.6. The van der Waals surface area contributed by atoms with Crippen molar-refractivity contribution in [1.82, 2.24) is 4.98 Å². The fourth-order valence-electron chi connectivity index (χ4n) is 1.93. The number of nitrogens with two attached hydrogens (primary N) is 1. The van der Waals surface area contributed by atoms with Crippen LogP contribution in [0.1, 0.15) is 16.8 Å². The molecule has 0 aliphatic heterocycles. The highest BCUT2D eigenvalue weighted by atomic mass is 79.9. The van der Waals surface area contributed by atoms with Gasteiger partial charge in [-0.2, -0.15) is 0 Å². The predicted octanol–water partition coefficient (Wildman–Crippen LogP) is 2.65. The van der Waals surface area contributed by atoms with E-state index in [0.29, 0.717) is 15.9 Å². The number of rotatable bonds is 4. The number of aromatic amines is 1. The molecule has 1 heterocycles. The molecular formula is C13H16BrN3O2S. The van der Waals surface area contributed by atoms with E-state index in [0.717, 1.165) is 11.1 Å². The summed E-state index contributed by atoms with van der Waals surface area (Å²) in [7, 11) is -3.63. The SMILES string of the molecule is Cc1cc(C)c(NS(=O)(=O)c2c[nH]c(CN)c2)c(Br)c1. The van der Waals surface area contributed by atoms with E-state index in [1.807, 2.05) is 26.0 Å². The number of halogens is 1. The van der Waals surface area contributed by atoms with Crippen LogP contribution < -0.4 is 10.5 Å². The van der Waals surface area contributed by atoms with Gasteiger partial charge in [-0.3, -0.25) is 4.72 Å². The minimum absolute atomic E-state index is 0.171. The molecule has 4 N–H and O–H groups in total. The lowest BCUT2D eigenvalue weighted by Crippen LogP contribution is -2.13. The number of nitrogens with one attached hydrogen (secondary N) is 2. The van der Waals surface area contributed by atoms with Gasteiger partial charge in [-0.15, -0.1) is 0 Å². The molecule has 2 rings (SSSR count). The van der Waals surface area contributed by atoms with Gasteiger partial charge >= 0.3 is 0 Å². The Morgan fingerprint density at radius 3 is 2.55 bits per heavy atom. The fourth-order valence-corrected chi connectivity index (χ4v) is 4.00. The Balaban J connectivity index is 2.38. The lowest BCUT2D eigenvalue weighted by molar-refractivity contribution is 0.601. The summed E-state index contributed by atoms with van der Waals surface area (Å²) in [5.74, 6) is 0. The molecule has 0 radical (unpaired) electrons. The molecule has 1 aromatic carbocycles. The first-order valence-electron chi connectivity index (χ1n) is 6.00. The molecule has 0 spiro atoms. The summed E-state index contributed by atoms with van der Waals surface area (Å²) >= 11 is 3.39. The van der Waals surface area contributed by atoms with Gasteiger partial charge in [0.25, 0.3) is 10.0 Å². The third-order valence-electron chi connectivity index (χ3n) is 2.91. The van der Waals surface area contributed by atoms with Crippen LogP contribution in [0.5, 0.6) is 0 Å². The predicted molar refractivity (Wildman–Crippen MR) is 83.1 cm³/mol. The van der Waals surface area contributed by atoms with Crippen molar-refractivity contribution in [2.75, 3.05) is 4.72 Å². The maximum atomic E-state index is 12.3. The number of hydrogen-bond donors (Lipinski definition) is 3. The van der Waals surface area contributed by atoms with E-state index in [2.05, 4.69) is 25.6 Å². The molecule has 20 heavy (non-hydrogen) atoms. The Hall–Kier alpha value is -1.31. The van der Waals surface area contributed by atoms with Gasteiger partial charge in [-0.1, -0.05) is 6.07 Å². The Morgan fingerprint density at radius 1 is 1.30 bits per heavy atom. The Morgan fingerprint density at radius 2 is 2.00 bits per heavy atom. The third-order valence-corrected chi connectivity index (χ3v) is 4.87. The summed E-state index contributed by atoms with van der Waals surface area (Å²) in [6.07, 6.45) is 1.43. The van der Waals surface area contributed by atoms with Crippen LogP contribution in [0, 0.1) is 13.8 Å². The number of sulfonamides is 1. The zero-order chi connectivity index (χ0) is 14.9. The first-order valence-corrected chi connectivity index (χ1v) is 8.28. The lowest BCUT2D eigenvalue weighted by Gasteiger charge is -2.12. The molecule has 2 aromatic rings. The average molecular weight is 358 g/mol. The van der Waals surface area contributed by atoms with E-state index >= 15 is 0 Å². The van der Waals surface area contributed by atoms with Crippen LogP contribution in [-0.2, 0) is 16.6 Å². The van der Waals surface area contributed by atoms with Gasteiger partial charge in [0.2, 0.25) is 0 Å². The van der Waals surface area contributed by atoms with Gasteiger partial charge in [0.1, 0.15) is 4.90 Å². The standard InChI is InChI=1S/C13H16BrN3O2S/c1-8-3-9(2)13(12(14)4-8)17-20(18,19)11-5-10(6-15)16-7-11/h3-5,7,16-17H,6,15H2,1-2H3. The molecule has 0 saturated carbocycles. The van der Waals surface area contributed by atoms with Crippen molar-refractivity contribution < 1.29 is 8.42 Å². The summed E-state index contributed by atoms with van der Waals surface area (Å²) in [6, 6.07) is 5.32. The van der Waals surface area contributed by atoms with Gasteiger partial charge in [0.05, 0.1) is 5.69 Å². The lowest BCUT2D eigenvalue weighted by atomic mass is 10.1. The van der Waals surface area contributed by atoms with Crippen molar-refractivity contribution in [2.45, 2.75) is 25.3 Å². The second-order valence-corrected chi connectivity index (χ2v) is 7.15. The molecule has 0 unspecified atom stereocenters. The average Bonchev–Trinajstić information content (AvgIpc) is 2.83. The highest BCUT2D eigenvalue weighted by Crippen LogP contribution is 2.30. The highest BCUT2D eigenvalue weighted by Gasteiger charge is 2.18. The van der Waals surface area contributed by atoms with Crippen molar-refractivity contribution in [2.24, 2.45) is 5.73 Å². The van der Waals surface area contributed by atoms with E-state index < -0.39 is 10.0 Å². The second-order valence-electron chi connectivity index (χ2n) is 4.61. The van der Waals surface area contributed by atoms with Crippen LogP contribution in [0.25, 0.3) is 0 Å². The van der Waals surface area contributed by atoms with Crippen LogP contribution in [-0.4, -0.2) is 13.4 Å². The molecule has 0 aliphatic carbocycles. The molecule has 0 aliphatic rings. The largest absolute Gasteiger partial charge is 0.363 e. The van der Waals surface area contributed by atoms with E-state index in [1.54, 1.807) is 0 Å². The minimum Gasteiger partial charge on any atom is -0.363 e. The van der Waals surface area contributed by atoms with E-state index in [9.17, 15) is 8.42 Å². The van der Waals surface area contributed by atoms with Gasteiger partial charge in [0, 0.05) is 22.9 Å². The quantitative estimate of drug-likeness (QED) is 0.785. The molecule has 1 aromatic heterocycles. The maximum absolute atomic E-state index is 12.3. The van der Waals surface area contributed by atoms with Crippen LogP contribution in [0.3, 0.4) is 0 Å². The van der Waals surface area contributed by atoms with Crippen molar-refractivity contribution in [1.29, 1.82) is 0 Å². The summed E-state index contributed by atoms with van der Waals surface area (Å²) in [5.41, 5.74) is 8.60. The summed E-state index contributed by atoms with van der Waals surface area (Å²) in [4.78, 5) is 3.00. The second kappa shape index (κ2) is 5.59. The maximum Gasteiger partial charge on any atom is 0.263 e. The highest BCUT2D eigenvalue weighted by molar-refractivity contribution is 9.10. The summed E-state index contributed by atoms with van der Waals surface area (Å²) < 4.78 is 28.0. The van der Waals surface area contributed by atoms with Gasteiger partial charge in [-0.05, 0) is 53.0 Å². The number of benzene rings is 1. The molecule has 0 fully saturated rings. The molecule has 0 amide bonds. The third kappa shape index (κ3) is 3.05. The van der Waals surface area contributed by atoms with Crippen molar-refractivity contribution >= 4 is 31.6 Å². The monoisotopic (exact) mass is 357 g/mol. The Labute approximate surface area is 126 Å². The summed E-state index contributed by atoms with van der Waals surface area (Å²) in [6.45, 7) is 4.08. The van der Waals surface area contributed by atoms with E-state index in [1.165, 1.54) is 12.3 Å². The fraction of sp³-hybridized carbons (Fsp3) is 0.231. The minimum atomic E-state index is -3.63. The first-order chi connectivity index (χ1) is 9.33. The van der Waals surface area contributed by atoms with Crippen molar-refractivity contribution in [3.63, 3.8) is 0 Å². The van der Waals surface area contributed by atoms with E-state index in [-0.39, 0.29) is 11.4 Å². The number of H-pyrrole nitrogens is 1. The number of aryl methyl sites for hydroxylation is 2. The number of aromatic nitrogens is 1. The first kappa shape index (κ1) is 15.1. The number of hydrogen-bond acceptors (Lipinski definition) is 3. The van der Waals surface area contributed by atoms with Crippen LogP contribution >= 0.6 is 15.9 Å². The molecule has 0 atom stereocenters.